The maximum atomic E-state index is 11.2. The highest BCUT2D eigenvalue weighted by Gasteiger charge is 2.18. The van der Waals surface area contributed by atoms with E-state index >= 15 is 0 Å². The number of halogens is 1. The smallest absolute Gasteiger partial charge is 0.333 e. The molecule has 104 valence electrons. The molecule has 3 nitrogen and oxygen atoms in total. The number of aliphatic carboxylic acids is 1. The molecular formula is C16H15ClO3. The minimum absolute atomic E-state index is 0.283. The third-order valence-corrected chi connectivity index (χ3v) is 3.16. The molecule has 0 bridgehead atoms. The molecule has 0 spiro atoms. The fourth-order valence-electron chi connectivity index (χ4n) is 1.82. The van der Waals surface area contributed by atoms with Gasteiger partial charge in [-0.2, -0.15) is 0 Å². The zero-order valence-corrected chi connectivity index (χ0v) is 11.6. The Hall–Kier alpha value is -1.84. The maximum absolute atomic E-state index is 11.2. The van der Waals surface area contributed by atoms with Crippen LogP contribution in [-0.4, -0.2) is 17.2 Å². The Kier molecular flexibility index (Phi) is 5.16. The summed E-state index contributed by atoms with van der Waals surface area (Å²) in [6, 6.07) is 16.6. The number of carboxylic acid groups (broad SMARTS) is 1. The number of ether oxygens (including phenoxy) is 1. The van der Waals surface area contributed by atoms with E-state index in [2.05, 4.69) is 0 Å². The Labute approximate surface area is 122 Å². The van der Waals surface area contributed by atoms with Crippen LogP contribution in [0.25, 0.3) is 0 Å². The Morgan fingerprint density at radius 2 is 1.70 bits per heavy atom. The fourth-order valence-corrected chi connectivity index (χ4v) is 1.95. The second kappa shape index (κ2) is 7.08. The molecule has 0 fully saturated rings. The molecule has 20 heavy (non-hydrogen) atoms. The van der Waals surface area contributed by atoms with Crippen LogP contribution in [0.2, 0.25) is 5.02 Å². The van der Waals surface area contributed by atoms with Crippen LogP contribution in [-0.2, 0) is 22.6 Å². The van der Waals surface area contributed by atoms with Gasteiger partial charge < -0.3 is 9.84 Å². The van der Waals surface area contributed by atoms with Gasteiger partial charge in [-0.1, -0.05) is 54.1 Å². The number of carboxylic acids is 1. The molecule has 0 saturated carbocycles. The van der Waals surface area contributed by atoms with Crippen molar-refractivity contribution in [1.29, 1.82) is 0 Å². The molecule has 0 aliphatic carbocycles. The molecule has 0 amide bonds. The van der Waals surface area contributed by atoms with E-state index in [1.807, 2.05) is 42.5 Å². The summed E-state index contributed by atoms with van der Waals surface area (Å²) in [6.07, 6.45) is -0.546. The van der Waals surface area contributed by atoms with Crippen molar-refractivity contribution in [2.24, 2.45) is 0 Å². The predicted octanol–water partition coefficient (Wildman–Crippen LogP) is 3.55. The van der Waals surface area contributed by atoms with E-state index in [1.54, 1.807) is 12.1 Å². The van der Waals surface area contributed by atoms with Crippen LogP contribution < -0.4 is 0 Å². The van der Waals surface area contributed by atoms with Crippen LogP contribution in [0.15, 0.2) is 54.6 Å². The van der Waals surface area contributed by atoms with Gasteiger partial charge in [0.2, 0.25) is 0 Å². The third kappa shape index (κ3) is 4.37. The van der Waals surface area contributed by atoms with Crippen LogP contribution in [0, 0.1) is 0 Å². The summed E-state index contributed by atoms with van der Waals surface area (Å²) in [5.41, 5.74) is 1.84. The predicted molar refractivity (Wildman–Crippen MR) is 77.8 cm³/mol. The van der Waals surface area contributed by atoms with Crippen molar-refractivity contribution in [1.82, 2.24) is 0 Å². The van der Waals surface area contributed by atoms with Gasteiger partial charge in [0.1, 0.15) is 0 Å². The first-order chi connectivity index (χ1) is 9.65. The van der Waals surface area contributed by atoms with Crippen LogP contribution in [0.5, 0.6) is 0 Å². The topological polar surface area (TPSA) is 46.5 Å². The van der Waals surface area contributed by atoms with E-state index in [0.717, 1.165) is 11.1 Å². The molecular weight excluding hydrogens is 276 g/mol. The quantitative estimate of drug-likeness (QED) is 0.885. The molecule has 0 heterocycles. The standard InChI is InChI=1S/C16H15ClO3/c17-14-8-6-12(7-9-14)10-15(16(18)19)20-11-13-4-2-1-3-5-13/h1-9,15H,10-11H2,(H,18,19)/t15-/m1/s1. The van der Waals surface area contributed by atoms with Gasteiger partial charge in [-0.15, -0.1) is 0 Å². The lowest BCUT2D eigenvalue weighted by atomic mass is 10.1. The van der Waals surface area contributed by atoms with Gasteiger partial charge in [0.05, 0.1) is 6.61 Å². The first kappa shape index (κ1) is 14.6. The normalized spacial score (nSPS) is 12.1. The molecule has 0 saturated heterocycles. The van der Waals surface area contributed by atoms with E-state index < -0.39 is 12.1 Å². The molecule has 2 aromatic carbocycles. The molecule has 4 heteroatoms. The number of hydrogen-bond acceptors (Lipinski definition) is 2. The van der Waals surface area contributed by atoms with E-state index in [1.165, 1.54) is 0 Å². The van der Waals surface area contributed by atoms with Gasteiger partial charge in [0.15, 0.2) is 6.10 Å². The molecule has 1 atom stereocenters. The van der Waals surface area contributed by atoms with Crippen LogP contribution in [0.3, 0.4) is 0 Å². The zero-order valence-electron chi connectivity index (χ0n) is 10.8. The van der Waals surface area contributed by atoms with Crippen LogP contribution in [0.1, 0.15) is 11.1 Å². The molecule has 0 unspecified atom stereocenters. The van der Waals surface area contributed by atoms with Crippen molar-refractivity contribution >= 4 is 17.6 Å². The minimum Gasteiger partial charge on any atom is -0.479 e. The van der Waals surface area contributed by atoms with E-state index in [-0.39, 0.29) is 6.61 Å². The molecule has 0 radical (unpaired) electrons. The maximum Gasteiger partial charge on any atom is 0.333 e. The summed E-state index contributed by atoms with van der Waals surface area (Å²) < 4.78 is 5.49. The van der Waals surface area contributed by atoms with Gasteiger partial charge in [-0.25, -0.2) is 4.79 Å². The lowest BCUT2D eigenvalue weighted by Crippen LogP contribution is -2.26. The largest absolute Gasteiger partial charge is 0.479 e. The van der Waals surface area contributed by atoms with Crippen molar-refractivity contribution in [2.75, 3.05) is 0 Å². The average Bonchev–Trinajstić information content (AvgIpc) is 2.46. The SMILES string of the molecule is O=C(O)[C@@H](Cc1ccc(Cl)cc1)OCc1ccccc1. The number of hydrogen-bond donors (Lipinski definition) is 1. The monoisotopic (exact) mass is 290 g/mol. The Morgan fingerprint density at radius 3 is 2.30 bits per heavy atom. The highest BCUT2D eigenvalue weighted by atomic mass is 35.5. The number of benzene rings is 2. The molecule has 0 aliphatic rings. The second-order valence-electron chi connectivity index (χ2n) is 4.45. The zero-order chi connectivity index (χ0) is 14.4. The van der Waals surface area contributed by atoms with Gasteiger partial charge in [-0.3, -0.25) is 0 Å². The van der Waals surface area contributed by atoms with Crippen molar-refractivity contribution < 1.29 is 14.6 Å². The van der Waals surface area contributed by atoms with Crippen LogP contribution >= 0.6 is 11.6 Å². The molecule has 0 aromatic heterocycles. The van der Waals surface area contributed by atoms with Crippen molar-refractivity contribution in [2.45, 2.75) is 19.1 Å². The van der Waals surface area contributed by atoms with E-state index in [4.69, 9.17) is 16.3 Å². The fraction of sp³-hybridized carbons (Fsp3) is 0.188. The van der Waals surface area contributed by atoms with E-state index in [9.17, 15) is 9.90 Å². The summed E-state index contributed by atoms with van der Waals surface area (Å²) in [6.45, 7) is 0.283. The summed E-state index contributed by atoms with van der Waals surface area (Å²) in [5, 5.41) is 9.85. The molecule has 1 N–H and O–H groups in total. The average molecular weight is 291 g/mol. The van der Waals surface area contributed by atoms with E-state index in [0.29, 0.717) is 11.4 Å². The van der Waals surface area contributed by atoms with Gasteiger partial charge in [0, 0.05) is 11.4 Å². The number of rotatable bonds is 6. The Bertz CT molecular complexity index is 552. The second-order valence-corrected chi connectivity index (χ2v) is 4.89. The molecule has 2 aromatic rings. The molecule has 2 rings (SSSR count). The Morgan fingerprint density at radius 1 is 1.05 bits per heavy atom. The number of carbonyl (C=O) groups is 1. The lowest BCUT2D eigenvalue weighted by Gasteiger charge is -2.14. The highest BCUT2D eigenvalue weighted by Crippen LogP contribution is 2.13. The van der Waals surface area contributed by atoms with Crippen molar-refractivity contribution in [3.05, 3.63) is 70.7 Å². The summed E-state index contributed by atoms with van der Waals surface area (Å²) in [4.78, 5) is 11.2. The van der Waals surface area contributed by atoms with Crippen molar-refractivity contribution in [3.8, 4) is 0 Å². The Balaban J connectivity index is 1.97. The van der Waals surface area contributed by atoms with Gasteiger partial charge >= 0.3 is 5.97 Å². The summed E-state index contributed by atoms with van der Waals surface area (Å²) in [7, 11) is 0. The third-order valence-electron chi connectivity index (χ3n) is 2.90. The van der Waals surface area contributed by atoms with Gasteiger partial charge in [-0.05, 0) is 23.3 Å². The lowest BCUT2D eigenvalue weighted by molar-refractivity contribution is -0.151. The van der Waals surface area contributed by atoms with Crippen LogP contribution in [0.4, 0.5) is 0 Å². The summed E-state index contributed by atoms with van der Waals surface area (Å²) in [5.74, 6) is -0.962. The van der Waals surface area contributed by atoms with Crippen molar-refractivity contribution in [3.63, 3.8) is 0 Å². The highest BCUT2D eigenvalue weighted by molar-refractivity contribution is 6.30. The molecule has 0 aliphatic heterocycles. The summed E-state index contributed by atoms with van der Waals surface area (Å²) >= 11 is 5.80. The van der Waals surface area contributed by atoms with Gasteiger partial charge in [0.25, 0.3) is 0 Å². The minimum atomic E-state index is -0.962. The first-order valence-electron chi connectivity index (χ1n) is 6.28. The first-order valence-corrected chi connectivity index (χ1v) is 6.66.